The number of anilines is 1. The smallest absolute Gasteiger partial charge is 0.337 e. The molecular formula is C20H16ClNO6. The maximum Gasteiger partial charge on any atom is 0.337 e. The van der Waals surface area contributed by atoms with Crippen LogP contribution in [0.1, 0.15) is 26.7 Å². The highest BCUT2D eigenvalue weighted by Crippen LogP contribution is 2.27. The van der Waals surface area contributed by atoms with E-state index in [2.05, 4.69) is 10.1 Å². The number of phenolic OH excluding ortho intramolecular Hbond substituents is 1. The van der Waals surface area contributed by atoms with Crippen LogP contribution in [0.25, 0.3) is 0 Å². The van der Waals surface area contributed by atoms with Gasteiger partial charge in [0.15, 0.2) is 5.76 Å². The molecule has 144 valence electrons. The Kier molecular flexibility index (Phi) is 5.86. The number of carbonyl (C=O) groups is 2. The van der Waals surface area contributed by atoms with Gasteiger partial charge >= 0.3 is 5.97 Å². The van der Waals surface area contributed by atoms with Crippen molar-refractivity contribution in [2.24, 2.45) is 0 Å². The van der Waals surface area contributed by atoms with Crippen molar-refractivity contribution in [3.63, 3.8) is 0 Å². The highest BCUT2D eigenvalue weighted by Gasteiger charge is 2.14. The van der Waals surface area contributed by atoms with E-state index in [1.54, 1.807) is 30.3 Å². The number of aromatic hydroxyl groups is 1. The van der Waals surface area contributed by atoms with Crippen molar-refractivity contribution in [1.29, 1.82) is 0 Å². The predicted molar refractivity (Wildman–Crippen MR) is 102 cm³/mol. The molecule has 0 spiro atoms. The standard InChI is InChI=1S/C20H16ClNO6/c1-26-20(25)12-2-5-14(6-3-12)27-11-15-7-9-18(28-15)19(24)22-16-10-13(21)4-8-17(16)23/h2-10,23H,11H2,1H3,(H,22,24). The number of halogens is 1. The fraction of sp³-hybridized carbons (Fsp3) is 0.100. The van der Waals surface area contributed by atoms with Crippen LogP contribution in [0.4, 0.5) is 5.69 Å². The molecule has 0 aliphatic rings. The van der Waals surface area contributed by atoms with Crippen molar-refractivity contribution in [3.8, 4) is 11.5 Å². The first kappa shape index (κ1) is 19.3. The van der Waals surface area contributed by atoms with Gasteiger partial charge in [0.1, 0.15) is 23.9 Å². The quantitative estimate of drug-likeness (QED) is 0.473. The molecule has 1 heterocycles. The number of amides is 1. The molecule has 0 saturated heterocycles. The number of hydrogen-bond acceptors (Lipinski definition) is 6. The zero-order chi connectivity index (χ0) is 20.1. The summed E-state index contributed by atoms with van der Waals surface area (Å²) in [5, 5.41) is 12.7. The highest BCUT2D eigenvalue weighted by atomic mass is 35.5. The van der Waals surface area contributed by atoms with Crippen molar-refractivity contribution < 1.29 is 28.6 Å². The Labute approximate surface area is 165 Å². The zero-order valence-electron chi connectivity index (χ0n) is 14.8. The molecule has 3 rings (SSSR count). The zero-order valence-corrected chi connectivity index (χ0v) is 15.5. The molecule has 2 aromatic carbocycles. The minimum Gasteiger partial charge on any atom is -0.506 e. The summed E-state index contributed by atoms with van der Waals surface area (Å²) in [6.07, 6.45) is 0. The maximum atomic E-state index is 12.3. The summed E-state index contributed by atoms with van der Waals surface area (Å²) < 4.78 is 15.7. The number of esters is 1. The summed E-state index contributed by atoms with van der Waals surface area (Å²) in [6, 6.07) is 13.8. The lowest BCUT2D eigenvalue weighted by Crippen LogP contribution is -2.11. The lowest BCUT2D eigenvalue weighted by atomic mass is 10.2. The van der Waals surface area contributed by atoms with E-state index in [0.29, 0.717) is 22.1 Å². The number of nitrogens with one attached hydrogen (secondary N) is 1. The van der Waals surface area contributed by atoms with Crippen molar-refractivity contribution in [1.82, 2.24) is 0 Å². The molecular weight excluding hydrogens is 386 g/mol. The van der Waals surface area contributed by atoms with Crippen LogP contribution in [0.5, 0.6) is 11.5 Å². The van der Waals surface area contributed by atoms with E-state index in [1.165, 1.54) is 31.4 Å². The van der Waals surface area contributed by atoms with E-state index >= 15 is 0 Å². The molecule has 1 amide bonds. The molecule has 0 unspecified atom stereocenters. The molecule has 8 heteroatoms. The van der Waals surface area contributed by atoms with E-state index in [4.69, 9.17) is 20.8 Å². The molecule has 0 fully saturated rings. The molecule has 2 N–H and O–H groups in total. The minimum atomic E-state index is -0.536. The number of benzene rings is 2. The molecule has 28 heavy (non-hydrogen) atoms. The second-order valence-electron chi connectivity index (χ2n) is 5.69. The van der Waals surface area contributed by atoms with Gasteiger partial charge in [0.05, 0.1) is 18.4 Å². The number of furan rings is 1. The third-order valence-corrected chi connectivity index (χ3v) is 3.98. The number of methoxy groups -OCH3 is 1. The third-order valence-electron chi connectivity index (χ3n) is 3.75. The SMILES string of the molecule is COC(=O)c1ccc(OCc2ccc(C(=O)Nc3cc(Cl)ccc3O)o2)cc1. The van der Waals surface area contributed by atoms with Crippen LogP contribution in [0.3, 0.4) is 0 Å². The summed E-state index contributed by atoms with van der Waals surface area (Å²) >= 11 is 5.86. The van der Waals surface area contributed by atoms with Gasteiger partial charge in [0.25, 0.3) is 5.91 Å². The average Bonchev–Trinajstić information content (AvgIpc) is 3.18. The Morgan fingerprint density at radius 3 is 2.57 bits per heavy atom. The largest absolute Gasteiger partial charge is 0.506 e. The Morgan fingerprint density at radius 2 is 1.86 bits per heavy atom. The van der Waals surface area contributed by atoms with Gasteiger partial charge < -0.3 is 24.3 Å². The van der Waals surface area contributed by atoms with Crippen LogP contribution in [0, 0.1) is 0 Å². The normalized spacial score (nSPS) is 10.4. The number of phenols is 1. The second-order valence-corrected chi connectivity index (χ2v) is 6.12. The van der Waals surface area contributed by atoms with Crippen LogP contribution < -0.4 is 10.1 Å². The average molecular weight is 402 g/mol. The highest BCUT2D eigenvalue weighted by molar-refractivity contribution is 6.31. The Morgan fingerprint density at radius 1 is 1.11 bits per heavy atom. The molecule has 7 nitrogen and oxygen atoms in total. The Balaban J connectivity index is 1.60. The number of carbonyl (C=O) groups excluding carboxylic acids is 2. The van der Waals surface area contributed by atoms with E-state index in [9.17, 15) is 14.7 Å². The number of rotatable bonds is 6. The van der Waals surface area contributed by atoms with E-state index in [1.807, 2.05) is 0 Å². The summed E-state index contributed by atoms with van der Waals surface area (Å²) in [7, 11) is 1.31. The first-order chi connectivity index (χ1) is 13.5. The van der Waals surface area contributed by atoms with Crippen LogP contribution in [0.15, 0.2) is 59.0 Å². The lowest BCUT2D eigenvalue weighted by Gasteiger charge is -2.06. The van der Waals surface area contributed by atoms with Crippen LogP contribution >= 0.6 is 11.6 Å². The van der Waals surface area contributed by atoms with Gasteiger partial charge in [-0.3, -0.25) is 4.79 Å². The molecule has 3 aromatic rings. The van der Waals surface area contributed by atoms with Gasteiger partial charge in [-0.2, -0.15) is 0 Å². The van der Waals surface area contributed by atoms with Crippen LogP contribution in [-0.4, -0.2) is 24.1 Å². The molecule has 0 radical (unpaired) electrons. The molecule has 1 aromatic heterocycles. The van der Waals surface area contributed by atoms with E-state index in [-0.39, 0.29) is 23.8 Å². The lowest BCUT2D eigenvalue weighted by molar-refractivity contribution is 0.0600. The van der Waals surface area contributed by atoms with Crippen molar-refractivity contribution in [2.45, 2.75) is 6.61 Å². The van der Waals surface area contributed by atoms with Gasteiger partial charge in [-0.05, 0) is 54.6 Å². The number of ether oxygens (including phenoxy) is 2. The maximum absolute atomic E-state index is 12.3. The van der Waals surface area contributed by atoms with Gasteiger partial charge in [-0.1, -0.05) is 11.6 Å². The third kappa shape index (κ3) is 4.63. The predicted octanol–water partition coefficient (Wildman–Crippen LogP) is 4.26. The van der Waals surface area contributed by atoms with E-state index < -0.39 is 11.9 Å². The van der Waals surface area contributed by atoms with Crippen LogP contribution in [0.2, 0.25) is 5.02 Å². The summed E-state index contributed by atoms with van der Waals surface area (Å²) in [4.78, 5) is 23.7. The molecule has 0 atom stereocenters. The Bertz CT molecular complexity index is 996. The first-order valence-corrected chi connectivity index (χ1v) is 8.54. The van der Waals surface area contributed by atoms with Crippen molar-refractivity contribution in [3.05, 3.63) is 76.7 Å². The first-order valence-electron chi connectivity index (χ1n) is 8.16. The minimum absolute atomic E-state index is 0.0546. The van der Waals surface area contributed by atoms with Crippen molar-refractivity contribution in [2.75, 3.05) is 12.4 Å². The Hall–Kier alpha value is -3.45. The number of hydrogen-bond donors (Lipinski definition) is 2. The van der Waals surface area contributed by atoms with Gasteiger partial charge in [0, 0.05) is 5.02 Å². The summed E-state index contributed by atoms with van der Waals surface area (Å²) in [5.74, 6) is -0.0658. The summed E-state index contributed by atoms with van der Waals surface area (Å²) in [6.45, 7) is 0.0905. The molecule has 0 aliphatic heterocycles. The van der Waals surface area contributed by atoms with Crippen LogP contribution in [-0.2, 0) is 11.3 Å². The fourth-order valence-electron chi connectivity index (χ4n) is 2.33. The monoisotopic (exact) mass is 401 g/mol. The topological polar surface area (TPSA) is 98.0 Å². The second kappa shape index (κ2) is 8.49. The molecule has 0 aliphatic carbocycles. The molecule has 0 saturated carbocycles. The molecule has 0 bridgehead atoms. The van der Waals surface area contributed by atoms with Gasteiger partial charge in [0.2, 0.25) is 0 Å². The van der Waals surface area contributed by atoms with Gasteiger partial charge in [-0.25, -0.2) is 4.79 Å². The van der Waals surface area contributed by atoms with E-state index in [0.717, 1.165) is 0 Å². The fourth-order valence-corrected chi connectivity index (χ4v) is 2.50. The van der Waals surface area contributed by atoms with Gasteiger partial charge in [-0.15, -0.1) is 0 Å². The van der Waals surface area contributed by atoms with Crippen molar-refractivity contribution >= 4 is 29.2 Å². The summed E-state index contributed by atoms with van der Waals surface area (Å²) in [5.41, 5.74) is 0.591.